The van der Waals surface area contributed by atoms with Gasteiger partial charge in [0.2, 0.25) is 0 Å². The van der Waals surface area contributed by atoms with Gasteiger partial charge in [-0.2, -0.15) is 0 Å². The van der Waals surface area contributed by atoms with Crippen molar-refractivity contribution in [1.82, 2.24) is 0 Å². The average Bonchev–Trinajstić information content (AvgIpc) is 2.54. The minimum absolute atomic E-state index is 0.0412. The van der Waals surface area contributed by atoms with Crippen LogP contribution in [-0.4, -0.2) is 7.11 Å². The molecule has 1 aromatic carbocycles. The molecular formula is C15H20O. The van der Waals surface area contributed by atoms with Crippen LogP contribution in [0.3, 0.4) is 0 Å². The largest absolute Gasteiger partial charge is 0.373 e. The van der Waals surface area contributed by atoms with E-state index in [1.54, 1.807) is 0 Å². The fourth-order valence-electron chi connectivity index (χ4n) is 4.11. The molecule has 0 aromatic heterocycles. The third-order valence-corrected chi connectivity index (χ3v) is 4.74. The molecule has 1 aromatic rings. The maximum Gasteiger partial charge on any atom is 0.0983 e. The number of hydrogen-bond donors (Lipinski definition) is 0. The molecule has 2 bridgehead atoms. The van der Waals surface area contributed by atoms with Gasteiger partial charge in [0.25, 0.3) is 0 Å². The van der Waals surface area contributed by atoms with E-state index >= 15 is 0 Å². The molecule has 86 valence electrons. The molecule has 1 nitrogen and oxygen atoms in total. The van der Waals surface area contributed by atoms with Crippen molar-refractivity contribution in [2.75, 3.05) is 7.11 Å². The van der Waals surface area contributed by atoms with Gasteiger partial charge >= 0.3 is 0 Å². The van der Waals surface area contributed by atoms with E-state index in [-0.39, 0.29) is 5.60 Å². The first kappa shape index (κ1) is 10.3. The molecule has 0 spiro atoms. The van der Waals surface area contributed by atoms with Crippen LogP contribution in [0.15, 0.2) is 30.3 Å². The van der Waals surface area contributed by atoms with Crippen molar-refractivity contribution in [3.05, 3.63) is 35.9 Å². The fraction of sp³-hybridized carbons (Fsp3) is 0.600. The van der Waals surface area contributed by atoms with Gasteiger partial charge in [-0.15, -0.1) is 0 Å². The lowest BCUT2D eigenvalue weighted by molar-refractivity contribution is -0.100. The maximum atomic E-state index is 6.05. The molecule has 0 radical (unpaired) electrons. The number of hydrogen-bond acceptors (Lipinski definition) is 1. The number of benzene rings is 1. The van der Waals surface area contributed by atoms with Crippen molar-refractivity contribution in [3.63, 3.8) is 0 Å². The Kier molecular flexibility index (Phi) is 2.51. The fourth-order valence-corrected chi connectivity index (χ4v) is 4.11. The third-order valence-electron chi connectivity index (χ3n) is 4.74. The highest BCUT2D eigenvalue weighted by Crippen LogP contribution is 2.56. The smallest absolute Gasteiger partial charge is 0.0983 e. The molecule has 2 unspecified atom stereocenters. The molecule has 2 atom stereocenters. The second-order valence-electron chi connectivity index (χ2n) is 5.27. The van der Waals surface area contributed by atoms with Gasteiger partial charge in [-0.25, -0.2) is 0 Å². The lowest BCUT2D eigenvalue weighted by Crippen LogP contribution is -2.41. The molecule has 1 heteroatoms. The average molecular weight is 216 g/mol. The standard InChI is InChI=1S/C15H20O/c1-16-15(12-6-3-2-4-7-12)13-8-5-9-14(15)11-10-13/h2-4,6-7,13-14H,5,8-11H2,1H3. The van der Waals surface area contributed by atoms with Crippen LogP contribution < -0.4 is 0 Å². The number of methoxy groups -OCH3 is 1. The second-order valence-corrected chi connectivity index (χ2v) is 5.27. The van der Waals surface area contributed by atoms with Crippen molar-refractivity contribution < 1.29 is 4.74 Å². The summed E-state index contributed by atoms with van der Waals surface area (Å²) in [4.78, 5) is 0. The first-order valence-electron chi connectivity index (χ1n) is 6.48. The van der Waals surface area contributed by atoms with Gasteiger partial charge in [0, 0.05) is 7.11 Å². The minimum Gasteiger partial charge on any atom is -0.373 e. The minimum atomic E-state index is 0.0412. The Hall–Kier alpha value is -0.820. The van der Waals surface area contributed by atoms with E-state index in [4.69, 9.17) is 4.74 Å². The van der Waals surface area contributed by atoms with Crippen LogP contribution in [0, 0.1) is 11.8 Å². The quantitative estimate of drug-likeness (QED) is 0.731. The van der Waals surface area contributed by atoms with Crippen molar-refractivity contribution in [2.24, 2.45) is 11.8 Å². The Bertz CT molecular complexity index is 341. The molecular weight excluding hydrogens is 196 g/mol. The van der Waals surface area contributed by atoms with Gasteiger partial charge in [-0.3, -0.25) is 0 Å². The summed E-state index contributed by atoms with van der Waals surface area (Å²) in [6.45, 7) is 0. The van der Waals surface area contributed by atoms with Crippen LogP contribution in [0.5, 0.6) is 0 Å². The van der Waals surface area contributed by atoms with Gasteiger partial charge < -0.3 is 4.74 Å². The summed E-state index contributed by atoms with van der Waals surface area (Å²) in [5.74, 6) is 1.50. The van der Waals surface area contributed by atoms with Crippen LogP contribution in [0.2, 0.25) is 0 Å². The van der Waals surface area contributed by atoms with Gasteiger partial charge in [0.15, 0.2) is 0 Å². The van der Waals surface area contributed by atoms with Crippen LogP contribution >= 0.6 is 0 Å². The number of rotatable bonds is 2. The predicted octanol–water partition coefficient (Wildman–Crippen LogP) is 3.74. The number of ether oxygens (including phenoxy) is 1. The zero-order valence-corrected chi connectivity index (χ0v) is 9.99. The predicted molar refractivity (Wildman–Crippen MR) is 65.2 cm³/mol. The molecule has 2 aliphatic rings. The maximum absolute atomic E-state index is 6.05. The molecule has 3 rings (SSSR count). The molecule has 16 heavy (non-hydrogen) atoms. The summed E-state index contributed by atoms with van der Waals surface area (Å²) in [5, 5.41) is 0. The van der Waals surface area contributed by atoms with Crippen LogP contribution in [0.4, 0.5) is 0 Å². The topological polar surface area (TPSA) is 9.23 Å². The Morgan fingerprint density at radius 3 is 2.19 bits per heavy atom. The number of fused-ring (bicyclic) bond motifs is 2. The van der Waals surface area contributed by atoms with E-state index in [9.17, 15) is 0 Å². The summed E-state index contributed by atoms with van der Waals surface area (Å²) in [6, 6.07) is 10.9. The Morgan fingerprint density at radius 1 is 1.00 bits per heavy atom. The van der Waals surface area contributed by atoms with Gasteiger partial charge in [0.1, 0.15) is 0 Å². The second kappa shape index (κ2) is 3.89. The Balaban J connectivity index is 2.06. The highest BCUT2D eigenvalue weighted by molar-refractivity contribution is 5.27. The summed E-state index contributed by atoms with van der Waals surface area (Å²) in [7, 11) is 1.91. The molecule has 0 aliphatic heterocycles. The monoisotopic (exact) mass is 216 g/mol. The van der Waals surface area contributed by atoms with E-state index in [0.717, 1.165) is 11.8 Å². The molecule has 0 heterocycles. The van der Waals surface area contributed by atoms with Crippen molar-refractivity contribution in [3.8, 4) is 0 Å². The van der Waals surface area contributed by atoms with Gasteiger partial charge in [-0.1, -0.05) is 36.8 Å². The molecule has 0 amide bonds. The van der Waals surface area contributed by atoms with Crippen molar-refractivity contribution in [2.45, 2.75) is 37.7 Å². The third kappa shape index (κ3) is 1.27. The van der Waals surface area contributed by atoms with Crippen LogP contribution in [0.1, 0.15) is 37.7 Å². The van der Waals surface area contributed by atoms with Gasteiger partial charge in [0.05, 0.1) is 5.60 Å². The first-order chi connectivity index (χ1) is 7.88. The Labute approximate surface area is 97.8 Å². The van der Waals surface area contributed by atoms with Crippen molar-refractivity contribution in [1.29, 1.82) is 0 Å². The lowest BCUT2D eigenvalue weighted by Gasteiger charge is -2.43. The molecule has 2 saturated carbocycles. The summed E-state index contributed by atoms with van der Waals surface area (Å²) < 4.78 is 6.05. The zero-order valence-electron chi connectivity index (χ0n) is 9.99. The highest BCUT2D eigenvalue weighted by atomic mass is 16.5. The van der Waals surface area contributed by atoms with E-state index in [2.05, 4.69) is 30.3 Å². The molecule has 2 fully saturated rings. The first-order valence-corrected chi connectivity index (χ1v) is 6.48. The highest BCUT2D eigenvalue weighted by Gasteiger charge is 2.53. The van der Waals surface area contributed by atoms with E-state index in [0.29, 0.717) is 0 Å². The summed E-state index contributed by atoms with van der Waals surface area (Å²) in [6.07, 6.45) is 6.80. The van der Waals surface area contributed by atoms with Crippen molar-refractivity contribution >= 4 is 0 Å². The van der Waals surface area contributed by atoms with E-state index in [1.807, 2.05) is 7.11 Å². The molecule has 0 N–H and O–H groups in total. The van der Waals surface area contributed by atoms with E-state index in [1.165, 1.54) is 37.7 Å². The SMILES string of the molecule is COC1(c2ccccc2)C2CCCC1CC2. The Morgan fingerprint density at radius 2 is 1.62 bits per heavy atom. The van der Waals surface area contributed by atoms with Gasteiger partial charge in [-0.05, 0) is 43.1 Å². The molecule has 2 aliphatic carbocycles. The molecule has 0 saturated heterocycles. The van der Waals surface area contributed by atoms with E-state index < -0.39 is 0 Å². The summed E-state index contributed by atoms with van der Waals surface area (Å²) in [5.41, 5.74) is 1.45. The van der Waals surface area contributed by atoms with Crippen LogP contribution in [0.25, 0.3) is 0 Å². The van der Waals surface area contributed by atoms with Crippen LogP contribution in [-0.2, 0) is 10.3 Å². The zero-order chi connectivity index (χ0) is 11.0. The lowest BCUT2D eigenvalue weighted by atomic mass is 9.70. The normalized spacial score (nSPS) is 37.6. The summed E-state index contributed by atoms with van der Waals surface area (Å²) >= 11 is 0.